The summed E-state index contributed by atoms with van der Waals surface area (Å²) >= 11 is 1.56. The van der Waals surface area contributed by atoms with Crippen LogP contribution in [0.2, 0.25) is 0 Å². The maximum atomic E-state index is 9.03. The molecular weight excluding hydrogens is 364 g/mol. The predicted molar refractivity (Wildman–Crippen MR) is 107 cm³/mol. The van der Waals surface area contributed by atoms with Crippen molar-refractivity contribution in [1.82, 2.24) is 14.8 Å². The van der Waals surface area contributed by atoms with E-state index in [4.69, 9.17) is 14.6 Å². The second-order valence-corrected chi connectivity index (χ2v) is 7.06. The van der Waals surface area contributed by atoms with Gasteiger partial charge in [-0.25, -0.2) is 4.98 Å². The Morgan fingerprint density at radius 1 is 1.19 bits per heavy atom. The van der Waals surface area contributed by atoms with E-state index >= 15 is 0 Å². The number of nitrogens with one attached hydrogen (secondary N) is 1. The van der Waals surface area contributed by atoms with E-state index in [0.717, 1.165) is 44.0 Å². The lowest BCUT2D eigenvalue weighted by Crippen LogP contribution is -2.03. The zero-order valence-corrected chi connectivity index (χ0v) is 16.8. The van der Waals surface area contributed by atoms with Gasteiger partial charge in [-0.3, -0.25) is 4.68 Å². The van der Waals surface area contributed by atoms with Crippen molar-refractivity contribution in [3.05, 3.63) is 41.2 Å². The van der Waals surface area contributed by atoms with E-state index in [1.165, 1.54) is 0 Å². The Bertz CT molecular complexity index is 920. The van der Waals surface area contributed by atoms with Gasteiger partial charge in [0.15, 0.2) is 5.13 Å². The molecule has 0 unspecified atom stereocenters. The molecule has 0 bridgehead atoms. The SMILES string of the molecule is COc1ccc(CNc2nc(C)c(-c3ccn(CCO)n3)s2)c(OC)c1C. The Kier molecular flexibility index (Phi) is 5.98. The predicted octanol–water partition coefficient (Wildman–Crippen LogP) is 3.25. The van der Waals surface area contributed by atoms with Crippen molar-refractivity contribution in [1.29, 1.82) is 0 Å². The number of hydrogen-bond donors (Lipinski definition) is 2. The van der Waals surface area contributed by atoms with Gasteiger partial charge in [-0.2, -0.15) is 5.10 Å². The monoisotopic (exact) mass is 388 g/mol. The highest BCUT2D eigenvalue weighted by Crippen LogP contribution is 2.34. The lowest BCUT2D eigenvalue weighted by Gasteiger charge is -2.14. The second-order valence-electron chi connectivity index (χ2n) is 6.06. The number of thiazole rings is 1. The molecule has 8 heteroatoms. The summed E-state index contributed by atoms with van der Waals surface area (Å²) in [5.41, 5.74) is 3.81. The minimum atomic E-state index is 0.0682. The molecule has 0 amide bonds. The third kappa shape index (κ3) is 4.06. The summed E-state index contributed by atoms with van der Waals surface area (Å²) in [6, 6.07) is 5.88. The van der Waals surface area contributed by atoms with Crippen LogP contribution in [0.4, 0.5) is 5.13 Å². The molecule has 0 saturated heterocycles. The fraction of sp³-hybridized carbons (Fsp3) is 0.368. The van der Waals surface area contributed by atoms with Gasteiger partial charge >= 0.3 is 0 Å². The van der Waals surface area contributed by atoms with Crippen LogP contribution >= 0.6 is 11.3 Å². The summed E-state index contributed by atoms with van der Waals surface area (Å²) in [6.45, 7) is 5.10. The molecule has 0 saturated carbocycles. The molecular formula is C19H24N4O3S. The Balaban J connectivity index is 1.77. The fourth-order valence-corrected chi connectivity index (χ4v) is 3.89. The number of rotatable bonds is 8. The minimum Gasteiger partial charge on any atom is -0.496 e. The van der Waals surface area contributed by atoms with E-state index < -0.39 is 0 Å². The van der Waals surface area contributed by atoms with Gasteiger partial charge in [-0.1, -0.05) is 11.3 Å². The van der Waals surface area contributed by atoms with Crippen LogP contribution in [0.25, 0.3) is 10.6 Å². The highest BCUT2D eigenvalue weighted by atomic mass is 32.1. The van der Waals surface area contributed by atoms with E-state index in [1.54, 1.807) is 30.2 Å². The van der Waals surface area contributed by atoms with Gasteiger partial charge in [0.2, 0.25) is 0 Å². The van der Waals surface area contributed by atoms with Crippen LogP contribution in [0.3, 0.4) is 0 Å². The average Bonchev–Trinajstić information content (AvgIpc) is 3.26. The number of aryl methyl sites for hydroxylation is 1. The summed E-state index contributed by atoms with van der Waals surface area (Å²) in [7, 11) is 3.32. The Labute approximate surface area is 162 Å². The van der Waals surface area contributed by atoms with E-state index in [9.17, 15) is 0 Å². The van der Waals surface area contributed by atoms with E-state index in [-0.39, 0.29) is 6.61 Å². The van der Waals surface area contributed by atoms with Gasteiger partial charge in [0.25, 0.3) is 0 Å². The first-order valence-electron chi connectivity index (χ1n) is 8.63. The van der Waals surface area contributed by atoms with Gasteiger partial charge in [0, 0.05) is 23.9 Å². The van der Waals surface area contributed by atoms with Crippen LogP contribution in [0.5, 0.6) is 11.5 Å². The van der Waals surface area contributed by atoms with E-state index in [1.807, 2.05) is 38.2 Å². The third-order valence-electron chi connectivity index (χ3n) is 4.29. The molecule has 2 N–H and O–H groups in total. The Morgan fingerprint density at radius 2 is 2.00 bits per heavy atom. The van der Waals surface area contributed by atoms with E-state index in [2.05, 4.69) is 15.4 Å². The molecule has 144 valence electrons. The van der Waals surface area contributed by atoms with Crippen molar-refractivity contribution >= 4 is 16.5 Å². The Hall–Kier alpha value is -2.58. The lowest BCUT2D eigenvalue weighted by atomic mass is 10.1. The zero-order valence-electron chi connectivity index (χ0n) is 15.9. The number of benzene rings is 1. The number of aromatic nitrogens is 3. The summed E-state index contributed by atoms with van der Waals surface area (Å²) in [6.07, 6.45) is 1.86. The number of methoxy groups -OCH3 is 2. The van der Waals surface area contributed by atoms with Crippen molar-refractivity contribution in [3.63, 3.8) is 0 Å². The molecule has 0 atom stereocenters. The van der Waals surface area contributed by atoms with Crippen LogP contribution < -0.4 is 14.8 Å². The average molecular weight is 388 g/mol. The van der Waals surface area contributed by atoms with Crippen LogP contribution in [0.1, 0.15) is 16.8 Å². The lowest BCUT2D eigenvalue weighted by molar-refractivity contribution is 0.269. The van der Waals surface area contributed by atoms with Crippen molar-refractivity contribution in [2.75, 3.05) is 26.1 Å². The quantitative estimate of drug-likeness (QED) is 0.617. The molecule has 3 rings (SSSR count). The highest BCUT2D eigenvalue weighted by Gasteiger charge is 2.14. The van der Waals surface area contributed by atoms with Gasteiger partial charge < -0.3 is 19.9 Å². The van der Waals surface area contributed by atoms with Crippen LogP contribution in [0.15, 0.2) is 24.4 Å². The summed E-state index contributed by atoms with van der Waals surface area (Å²) in [4.78, 5) is 5.63. The number of aliphatic hydroxyl groups is 1. The first kappa shape index (κ1) is 19.2. The standard InChI is InChI=1S/C19H24N4O3S/c1-12-16(25-3)6-5-14(17(12)26-4)11-20-19-21-13(2)18(27-19)15-7-8-23(22-15)9-10-24/h5-8,24H,9-11H2,1-4H3,(H,20,21). The Morgan fingerprint density at radius 3 is 2.70 bits per heavy atom. The number of aliphatic hydroxyl groups excluding tert-OH is 1. The van der Waals surface area contributed by atoms with Gasteiger partial charge in [-0.05, 0) is 32.0 Å². The molecule has 0 aliphatic rings. The zero-order chi connectivity index (χ0) is 19.4. The summed E-state index contributed by atoms with van der Waals surface area (Å²) in [5, 5.41) is 17.7. The van der Waals surface area contributed by atoms with Gasteiger partial charge in [0.1, 0.15) is 17.2 Å². The van der Waals surface area contributed by atoms with Gasteiger partial charge in [0.05, 0.1) is 37.9 Å². The van der Waals surface area contributed by atoms with Crippen LogP contribution in [-0.2, 0) is 13.1 Å². The third-order valence-corrected chi connectivity index (χ3v) is 5.43. The smallest absolute Gasteiger partial charge is 0.183 e. The van der Waals surface area contributed by atoms with Gasteiger partial charge in [-0.15, -0.1) is 0 Å². The second kappa shape index (κ2) is 8.41. The molecule has 3 aromatic rings. The molecule has 0 aliphatic heterocycles. The number of ether oxygens (including phenoxy) is 2. The van der Waals surface area contributed by atoms with Crippen molar-refractivity contribution < 1.29 is 14.6 Å². The van der Waals surface area contributed by atoms with Crippen molar-refractivity contribution in [2.45, 2.75) is 26.9 Å². The maximum Gasteiger partial charge on any atom is 0.183 e. The topological polar surface area (TPSA) is 81.4 Å². The molecule has 2 heterocycles. The first-order chi connectivity index (χ1) is 13.1. The van der Waals surface area contributed by atoms with Crippen molar-refractivity contribution in [3.8, 4) is 22.1 Å². The molecule has 1 aromatic carbocycles. The molecule has 2 aromatic heterocycles. The van der Waals surface area contributed by atoms with Crippen LogP contribution in [-0.4, -0.2) is 40.7 Å². The molecule has 0 fully saturated rings. The molecule has 0 radical (unpaired) electrons. The van der Waals surface area contributed by atoms with E-state index in [0.29, 0.717) is 13.1 Å². The fourth-order valence-electron chi connectivity index (χ4n) is 2.96. The summed E-state index contributed by atoms with van der Waals surface area (Å²) in [5.74, 6) is 1.62. The minimum absolute atomic E-state index is 0.0682. The molecule has 27 heavy (non-hydrogen) atoms. The molecule has 0 aliphatic carbocycles. The largest absolute Gasteiger partial charge is 0.496 e. The normalized spacial score (nSPS) is 10.9. The first-order valence-corrected chi connectivity index (χ1v) is 9.45. The maximum absolute atomic E-state index is 9.03. The van der Waals surface area contributed by atoms with Crippen LogP contribution in [0, 0.1) is 13.8 Å². The highest BCUT2D eigenvalue weighted by molar-refractivity contribution is 7.19. The van der Waals surface area contributed by atoms with Crippen molar-refractivity contribution in [2.24, 2.45) is 0 Å². The number of anilines is 1. The summed E-state index contributed by atoms with van der Waals surface area (Å²) < 4.78 is 12.6. The molecule has 0 spiro atoms. The molecule has 7 nitrogen and oxygen atoms in total. The number of nitrogens with zero attached hydrogens (tertiary/aromatic N) is 3. The number of hydrogen-bond acceptors (Lipinski definition) is 7.